The van der Waals surface area contributed by atoms with E-state index in [-0.39, 0.29) is 18.6 Å². The molecule has 17 heavy (non-hydrogen) atoms. The molecule has 1 amide bonds. The fraction of sp³-hybridized carbons (Fsp3) is 0.333. The first-order valence-corrected chi connectivity index (χ1v) is 6.22. The molecule has 4 nitrogen and oxygen atoms in total. The molecule has 0 radical (unpaired) electrons. The van der Waals surface area contributed by atoms with E-state index in [2.05, 4.69) is 4.98 Å². The molecule has 2 rings (SSSR count). The van der Waals surface area contributed by atoms with Gasteiger partial charge in [-0.25, -0.2) is 4.98 Å². The van der Waals surface area contributed by atoms with Crippen LogP contribution in [0, 0.1) is 0 Å². The molecule has 0 saturated carbocycles. The van der Waals surface area contributed by atoms with Crippen LogP contribution in [0.5, 0.6) is 0 Å². The van der Waals surface area contributed by atoms with Gasteiger partial charge in [-0.3, -0.25) is 4.79 Å². The van der Waals surface area contributed by atoms with Gasteiger partial charge in [-0.2, -0.15) is 0 Å². The van der Waals surface area contributed by atoms with Gasteiger partial charge in [0.15, 0.2) is 0 Å². The summed E-state index contributed by atoms with van der Waals surface area (Å²) < 4.78 is 1.00. The molecule has 0 aliphatic rings. The molecule has 0 aliphatic carbocycles. The first-order chi connectivity index (χ1) is 8.13. The van der Waals surface area contributed by atoms with Crippen molar-refractivity contribution < 1.29 is 9.90 Å². The molecule has 1 atom stereocenters. The van der Waals surface area contributed by atoms with Crippen LogP contribution < -0.4 is 0 Å². The molecule has 2 aromatic rings. The highest BCUT2D eigenvalue weighted by Crippen LogP contribution is 2.20. The monoisotopic (exact) mass is 250 g/mol. The van der Waals surface area contributed by atoms with Crippen molar-refractivity contribution in [3.05, 3.63) is 29.3 Å². The number of rotatable bonds is 3. The van der Waals surface area contributed by atoms with Crippen LogP contribution in [0.1, 0.15) is 17.3 Å². The molecule has 1 unspecified atom stereocenters. The molecule has 90 valence electrons. The molecule has 0 aliphatic heterocycles. The number of benzene rings is 1. The van der Waals surface area contributed by atoms with Gasteiger partial charge in [0.25, 0.3) is 5.91 Å². The average Bonchev–Trinajstić information content (AvgIpc) is 2.83. The number of likely N-dealkylation sites (N-methyl/N-ethyl adjacent to an activating group) is 1. The number of fused-ring (bicyclic) bond motifs is 1. The van der Waals surface area contributed by atoms with Gasteiger partial charge in [0.1, 0.15) is 0 Å². The van der Waals surface area contributed by atoms with Gasteiger partial charge in [0, 0.05) is 12.6 Å². The van der Waals surface area contributed by atoms with E-state index in [1.54, 1.807) is 23.5 Å². The Bertz CT molecular complexity index is 538. The van der Waals surface area contributed by atoms with Gasteiger partial charge in [0.2, 0.25) is 0 Å². The molecule has 1 heterocycles. The van der Waals surface area contributed by atoms with E-state index in [4.69, 9.17) is 5.11 Å². The lowest BCUT2D eigenvalue weighted by Crippen LogP contribution is -2.37. The number of aliphatic hydroxyl groups excluding tert-OH is 1. The van der Waals surface area contributed by atoms with E-state index in [0.717, 1.165) is 10.2 Å². The number of hydrogen-bond donors (Lipinski definition) is 1. The van der Waals surface area contributed by atoms with Crippen LogP contribution in [0.2, 0.25) is 0 Å². The van der Waals surface area contributed by atoms with Gasteiger partial charge in [-0.1, -0.05) is 0 Å². The van der Waals surface area contributed by atoms with E-state index in [0.29, 0.717) is 5.56 Å². The first kappa shape index (κ1) is 12.0. The second-order valence-corrected chi connectivity index (χ2v) is 4.87. The number of nitrogens with zero attached hydrogens (tertiary/aromatic N) is 2. The van der Waals surface area contributed by atoms with Crippen LogP contribution in [-0.2, 0) is 0 Å². The van der Waals surface area contributed by atoms with E-state index >= 15 is 0 Å². The van der Waals surface area contributed by atoms with Crippen LogP contribution in [0.25, 0.3) is 10.2 Å². The van der Waals surface area contributed by atoms with Crippen molar-refractivity contribution in [2.24, 2.45) is 0 Å². The highest BCUT2D eigenvalue weighted by molar-refractivity contribution is 7.16. The molecule has 0 fully saturated rings. The molecular formula is C12H14N2O2S. The molecule has 5 heteroatoms. The third kappa shape index (κ3) is 2.30. The Balaban J connectivity index is 2.29. The molecule has 1 aromatic carbocycles. The molecule has 1 aromatic heterocycles. The molecule has 1 N–H and O–H groups in total. The maximum Gasteiger partial charge on any atom is 0.253 e. The van der Waals surface area contributed by atoms with Crippen LogP contribution in [0.15, 0.2) is 23.7 Å². The summed E-state index contributed by atoms with van der Waals surface area (Å²) in [5, 5.41) is 9.04. The van der Waals surface area contributed by atoms with Crippen LogP contribution in [-0.4, -0.2) is 40.6 Å². The van der Waals surface area contributed by atoms with Crippen molar-refractivity contribution in [3.63, 3.8) is 0 Å². The maximum absolute atomic E-state index is 12.1. The number of thiazole rings is 1. The third-order valence-corrected chi connectivity index (χ3v) is 3.62. The summed E-state index contributed by atoms with van der Waals surface area (Å²) >= 11 is 1.51. The van der Waals surface area contributed by atoms with E-state index in [1.165, 1.54) is 11.3 Å². The molecule has 0 spiro atoms. The number of hydrogen-bond acceptors (Lipinski definition) is 4. The number of carbonyl (C=O) groups is 1. The van der Waals surface area contributed by atoms with E-state index < -0.39 is 0 Å². The number of amides is 1. The summed E-state index contributed by atoms with van der Waals surface area (Å²) in [6.45, 7) is 1.77. The Morgan fingerprint density at radius 1 is 1.59 bits per heavy atom. The minimum absolute atomic E-state index is 0.0367. The van der Waals surface area contributed by atoms with Crippen molar-refractivity contribution in [2.75, 3.05) is 13.7 Å². The minimum Gasteiger partial charge on any atom is -0.394 e. The fourth-order valence-electron chi connectivity index (χ4n) is 1.51. The van der Waals surface area contributed by atoms with Gasteiger partial charge in [-0.15, -0.1) is 11.3 Å². The lowest BCUT2D eigenvalue weighted by atomic mass is 10.1. The smallest absolute Gasteiger partial charge is 0.253 e. The van der Waals surface area contributed by atoms with Crippen LogP contribution in [0.4, 0.5) is 0 Å². The van der Waals surface area contributed by atoms with Gasteiger partial charge in [-0.05, 0) is 25.1 Å². The van der Waals surface area contributed by atoms with Crippen LogP contribution >= 0.6 is 11.3 Å². The van der Waals surface area contributed by atoms with E-state index in [1.807, 2.05) is 19.1 Å². The highest BCUT2D eigenvalue weighted by Gasteiger charge is 2.17. The zero-order valence-electron chi connectivity index (χ0n) is 9.75. The zero-order valence-corrected chi connectivity index (χ0v) is 10.6. The first-order valence-electron chi connectivity index (χ1n) is 5.34. The van der Waals surface area contributed by atoms with Crippen molar-refractivity contribution in [1.82, 2.24) is 9.88 Å². The quantitative estimate of drug-likeness (QED) is 0.903. The lowest BCUT2D eigenvalue weighted by Gasteiger charge is -2.23. The van der Waals surface area contributed by atoms with Gasteiger partial charge < -0.3 is 10.0 Å². The topological polar surface area (TPSA) is 53.4 Å². The molecular weight excluding hydrogens is 236 g/mol. The Morgan fingerprint density at radius 2 is 2.35 bits per heavy atom. The zero-order chi connectivity index (χ0) is 12.4. The Hall–Kier alpha value is -1.46. The number of carbonyl (C=O) groups excluding carboxylic acids is 1. The maximum atomic E-state index is 12.1. The third-order valence-electron chi connectivity index (χ3n) is 2.82. The summed E-state index contributed by atoms with van der Waals surface area (Å²) in [5.74, 6) is -0.0816. The number of aromatic nitrogens is 1. The Kier molecular flexibility index (Phi) is 3.40. The fourth-order valence-corrected chi connectivity index (χ4v) is 2.23. The van der Waals surface area contributed by atoms with Crippen molar-refractivity contribution in [2.45, 2.75) is 13.0 Å². The van der Waals surface area contributed by atoms with Gasteiger partial charge >= 0.3 is 0 Å². The van der Waals surface area contributed by atoms with Crippen molar-refractivity contribution in [1.29, 1.82) is 0 Å². The molecule has 0 bridgehead atoms. The largest absolute Gasteiger partial charge is 0.394 e. The summed E-state index contributed by atoms with van der Waals surface area (Å²) in [5.41, 5.74) is 3.30. The second-order valence-electron chi connectivity index (χ2n) is 3.98. The highest BCUT2D eigenvalue weighted by atomic mass is 32.1. The predicted molar refractivity (Wildman–Crippen MR) is 68.3 cm³/mol. The van der Waals surface area contributed by atoms with Crippen molar-refractivity contribution >= 4 is 27.5 Å². The molecule has 0 saturated heterocycles. The Labute approximate surface area is 104 Å². The summed E-state index contributed by atoms with van der Waals surface area (Å²) in [7, 11) is 1.69. The normalized spacial score (nSPS) is 12.6. The SMILES string of the molecule is CC(CO)N(C)C(=O)c1ccc2ncsc2c1. The van der Waals surface area contributed by atoms with Crippen molar-refractivity contribution in [3.8, 4) is 0 Å². The summed E-state index contributed by atoms with van der Waals surface area (Å²) in [6, 6.07) is 5.27. The summed E-state index contributed by atoms with van der Waals surface area (Å²) in [6.07, 6.45) is 0. The lowest BCUT2D eigenvalue weighted by molar-refractivity contribution is 0.0682. The van der Waals surface area contributed by atoms with Gasteiger partial charge in [0.05, 0.1) is 28.4 Å². The standard InChI is InChI=1S/C12H14N2O2S/c1-8(6-15)14(2)12(16)9-3-4-10-11(5-9)17-7-13-10/h3-5,7-8,15H,6H2,1-2H3. The minimum atomic E-state index is -0.181. The average molecular weight is 250 g/mol. The predicted octanol–water partition coefficient (Wildman–Crippen LogP) is 1.75. The van der Waals surface area contributed by atoms with Crippen LogP contribution in [0.3, 0.4) is 0 Å². The number of aliphatic hydroxyl groups is 1. The van der Waals surface area contributed by atoms with E-state index in [9.17, 15) is 4.79 Å². The second kappa shape index (κ2) is 4.81. The Morgan fingerprint density at radius 3 is 3.06 bits per heavy atom. The summed E-state index contributed by atoms with van der Waals surface area (Å²) in [4.78, 5) is 17.8.